The van der Waals surface area contributed by atoms with E-state index in [1.165, 1.54) is 5.56 Å². The van der Waals surface area contributed by atoms with Crippen molar-refractivity contribution in [2.75, 3.05) is 6.61 Å². The Morgan fingerprint density at radius 3 is 2.10 bits per heavy atom. The molecule has 0 amide bonds. The predicted octanol–water partition coefficient (Wildman–Crippen LogP) is 3.64. The Labute approximate surface area is 123 Å². The Morgan fingerprint density at radius 1 is 1.15 bits per heavy atom. The van der Waals surface area contributed by atoms with Crippen molar-refractivity contribution in [2.24, 2.45) is 0 Å². The number of hydrogen-bond donors (Lipinski definition) is 1. The van der Waals surface area contributed by atoms with Crippen LogP contribution in [-0.4, -0.2) is 18.2 Å². The van der Waals surface area contributed by atoms with Crippen LogP contribution in [0.4, 0.5) is 0 Å². The van der Waals surface area contributed by atoms with Crippen molar-refractivity contribution >= 4 is 0 Å². The molecular weight excluding hydrogens is 248 g/mol. The normalized spacial score (nSPS) is 14.7. The highest BCUT2D eigenvalue weighted by Crippen LogP contribution is 2.24. The second-order valence-electron chi connectivity index (χ2n) is 6.81. The highest BCUT2D eigenvalue weighted by molar-refractivity contribution is 5.31. The van der Waals surface area contributed by atoms with Crippen molar-refractivity contribution in [3.05, 3.63) is 29.8 Å². The predicted molar refractivity (Wildman–Crippen MR) is 82.9 cm³/mol. The van der Waals surface area contributed by atoms with E-state index in [-0.39, 0.29) is 11.5 Å². The molecule has 0 bridgehead atoms. The van der Waals surface area contributed by atoms with E-state index in [0.717, 1.165) is 5.75 Å². The van der Waals surface area contributed by atoms with Gasteiger partial charge in [-0.2, -0.15) is 5.26 Å². The Balaban J connectivity index is 2.68. The summed E-state index contributed by atoms with van der Waals surface area (Å²) >= 11 is 0. The molecule has 1 aromatic rings. The van der Waals surface area contributed by atoms with Crippen molar-refractivity contribution < 1.29 is 4.74 Å². The number of hydrogen-bond acceptors (Lipinski definition) is 3. The molecule has 1 N–H and O–H groups in total. The van der Waals surface area contributed by atoms with Gasteiger partial charge in [0.1, 0.15) is 17.9 Å². The third-order valence-electron chi connectivity index (χ3n) is 3.10. The van der Waals surface area contributed by atoms with Crippen LogP contribution in [0.5, 0.6) is 5.75 Å². The summed E-state index contributed by atoms with van der Waals surface area (Å²) in [6, 6.07) is 10.6. The number of ether oxygens (including phenoxy) is 1. The maximum atomic E-state index is 9.27. The molecule has 1 atom stereocenters. The zero-order valence-corrected chi connectivity index (χ0v) is 13.4. The van der Waals surface area contributed by atoms with E-state index in [4.69, 9.17) is 4.74 Å². The van der Waals surface area contributed by atoms with E-state index < -0.39 is 5.54 Å². The molecule has 0 aliphatic carbocycles. The van der Waals surface area contributed by atoms with Gasteiger partial charge < -0.3 is 4.74 Å². The van der Waals surface area contributed by atoms with Crippen LogP contribution in [0.25, 0.3) is 0 Å². The summed E-state index contributed by atoms with van der Waals surface area (Å²) in [5, 5.41) is 12.5. The van der Waals surface area contributed by atoms with Crippen LogP contribution in [0.2, 0.25) is 0 Å². The van der Waals surface area contributed by atoms with Gasteiger partial charge >= 0.3 is 0 Å². The molecule has 1 unspecified atom stereocenters. The van der Waals surface area contributed by atoms with E-state index in [0.29, 0.717) is 6.61 Å². The van der Waals surface area contributed by atoms with Gasteiger partial charge in [-0.3, -0.25) is 5.32 Å². The van der Waals surface area contributed by atoms with E-state index in [2.05, 4.69) is 44.3 Å². The summed E-state index contributed by atoms with van der Waals surface area (Å²) in [6.07, 6.45) is 0. The molecule has 3 heteroatoms. The lowest BCUT2D eigenvalue weighted by Gasteiger charge is -2.26. The van der Waals surface area contributed by atoms with Crippen molar-refractivity contribution in [1.82, 2.24) is 5.32 Å². The van der Waals surface area contributed by atoms with Gasteiger partial charge in [0.2, 0.25) is 0 Å². The first-order chi connectivity index (χ1) is 9.16. The summed E-state index contributed by atoms with van der Waals surface area (Å²) in [5.74, 6) is 0.796. The number of nitrogens with one attached hydrogen (secondary N) is 1. The molecule has 110 valence electrons. The van der Waals surface area contributed by atoms with E-state index in [1.54, 1.807) is 0 Å². The fraction of sp³-hybridized carbons (Fsp3) is 0.588. The molecule has 0 fully saturated rings. The minimum atomic E-state index is -0.670. The average Bonchev–Trinajstić information content (AvgIpc) is 2.35. The quantitative estimate of drug-likeness (QED) is 0.891. The molecular formula is C17H26N2O. The molecule has 3 nitrogen and oxygen atoms in total. The second-order valence-corrected chi connectivity index (χ2v) is 6.81. The SMILES string of the molecule is CC(C)NC(C)(C#N)COc1ccc(C(C)(C)C)cc1. The molecule has 0 aliphatic rings. The monoisotopic (exact) mass is 274 g/mol. The van der Waals surface area contributed by atoms with Crippen LogP contribution in [0.3, 0.4) is 0 Å². The number of nitrogens with zero attached hydrogens (tertiary/aromatic N) is 1. The summed E-state index contributed by atoms with van der Waals surface area (Å²) in [6.45, 7) is 12.8. The summed E-state index contributed by atoms with van der Waals surface area (Å²) in [4.78, 5) is 0. The minimum absolute atomic E-state index is 0.138. The fourth-order valence-electron chi connectivity index (χ4n) is 2.02. The lowest BCUT2D eigenvalue weighted by Crippen LogP contribution is -2.49. The maximum absolute atomic E-state index is 9.27. The third kappa shape index (κ3) is 4.86. The molecule has 1 aromatic carbocycles. The minimum Gasteiger partial charge on any atom is -0.491 e. The van der Waals surface area contributed by atoms with E-state index >= 15 is 0 Å². The number of nitriles is 1. The van der Waals surface area contributed by atoms with E-state index in [9.17, 15) is 5.26 Å². The van der Waals surface area contributed by atoms with Crippen LogP contribution in [0.1, 0.15) is 47.1 Å². The van der Waals surface area contributed by atoms with Crippen LogP contribution >= 0.6 is 0 Å². The molecule has 0 saturated heterocycles. The van der Waals surface area contributed by atoms with Gasteiger partial charge in [-0.15, -0.1) is 0 Å². The van der Waals surface area contributed by atoms with Crippen LogP contribution in [0.15, 0.2) is 24.3 Å². The molecule has 0 saturated carbocycles. The standard InChI is InChI=1S/C17H26N2O/c1-13(2)19-17(6,11-18)12-20-15-9-7-14(8-10-15)16(3,4)5/h7-10,13,19H,12H2,1-6H3. The van der Waals surface area contributed by atoms with Crippen LogP contribution in [-0.2, 0) is 5.41 Å². The molecule has 0 spiro atoms. The zero-order chi connectivity index (χ0) is 15.4. The fourth-order valence-corrected chi connectivity index (χ4v) is 2.02. The molecule has 0 radical (unpaired) electrons. The number of benzene rings is 1. The molecule has 0 heterocycles. The van der Waals surface area contributed by atoms with Gasteiger partial charge in [0.25, 0.3) is 0 Å². The molecule has 1 rings (SSSR count). The lowest BCUT2D eigenvalue weighted by molar-refractivity contribution is 0.225. The Hall–Kier alpha value is -1.53. The summed E-state index contributed by atoms with van der Waals surface area (Å²) < 4.78 is 5.75. The van der Waals surface area contributed by atoms with Gasteiger partial charge in [-0.25, -0.2) is 0 Å². The summed E-state index contributed by atoms with van der Waals surface area (Å²) in [5.41, 5.74) is 0.739. The first-order valence-corrected chi connectivity index (χ1v) is 7.08. The largest absolute Gasteiger partial charge is 0.491 e. The molecule has 0 aliphatic heterocycles. The number of rotatable bonds is 5. The van der Waals surface area contributed by atoms with Crippen molar-refractivity contribution in [3.8, 4) is 11.8 Å². The van der Waals surface area contributed by atoms with Crippen LogP contribution < -0.4 is 10.1 Å². The Morgan fingerprint density at radius 2 is 1.70 bits per heavy atom. The second kappa shape index (κ2) is 6.28. The Kier molecular flexibility index (Phi) is 5.19. The van der Waals surface area contributed by atoms with Crippen molar-refractivity contribution in [2.45, 2.75) is 58.5 Å². The first-order valence-electron chi connectivity index (χ1n) is 7.08. The van der Waals surface area contributed by atoms with Gasteiger partial charge in [-0.1, -0.05) is 32.9 Å². The van der Waals surface area contributed by atoms with Crippen molar-refractivity contribution in [1.29, 1.82) is 5.26 Å². The highest BCUT2D eigenvalue weighted by atomic mass is 16.5. The molecule has 20 heavy (non-hydrogen) atoms. The maximum Gasteiger partial charge on any atom is 0.138 e. The van der Waals surface area contributed by atoms with Gasteiger partial charge in [0.15, 0.2) is 0 Å². The van der Waals surface area contributed by atoms with Gasteiger partial charge in [0, 0.05) is 6.04 Å². The summed E-state index contributed by atoms with van der Waals surface area (Å²) in [7, 11) is 0. The zero-order valence-electron chi connectivity index (χ0n) is 13.4. The average molecular weight is 274 g/mol. The lowest BCUT2D eigenvalue weighted by atomic mass is 9.87. The topological polar surface area (TPSA) is 45.0 Å². The first kappa shape index (κ1) is 16.5. The van der Waals surface area contributed by atoms with Gasteiger partial charge in [0.05, 0.1) is 6.07 Å². The highest BCUT2D eigenvalue weighted by Gasteiger charge is 2.25. The third-order valence-corrected chi connectivity index (χ3v) is 3.10. The van der Waals surface area contributed by atoms with E-state index in [1.807, 2.05) is 32.9 Å². The van der Waals surface area contributed by atoms with Crippen LogP contribution in [0, 0.1) is 11.3 Å². The Bertz CT molecular complexity index is 465. The van der Waals surface area contributed by atoms with Gasteiger partial charge in [-0.05, 0) is 43.9 Å². The van der Waals surface area contributed by atoms with Crippen molar-refractivity contribution in [3.63, 3.8) is 0 Å². The molecule has 0 aromatic heterocycles. The smallest absolute Gasteiger partial charge is 0.138 e.